The molecule has 0 aliphatic heterocycles. The number of carboxylic acid groups (broad SMARTS) is 2. The first kappa shape index (κ1) is 80.6. The number of aliphatic hydroxyl groups excluding tert-OH is 1. The quantitative estimate of drug-likeness (QED) is 0.0170. The molecular weight excluding hydrogens is 1230 g/mol. The normalized spacial score (nSPS) is 14.8. The number of para-hydroxylation sites is 1. The SMILES string of the molecule is CC(C)C[C@H](NC(=O)[C@H](CCC(N)=O)NC(=O)[C@H](CC(C)C)NC(=O)[C@H](Cc1c[nH]c2ccccc12)NC(=O)[C@H](CCCN=C(N)N)NC(=O)CNC(=O)[C@H](CC(=O)O)NC(=O)[C@@H](NC(=O)[C@H](CC(C)C)NC(=O)[C@@H](NC(=O)CNC(=O)[C@H](C)N)[C@@H](C)O)C(C)C)C(=O)O. The molecule has 1 heterocycles. The van der Waals surface area contributed by atoms with Gasteiger partial charge in [-0.2, -0.15) is 0 Å². The Kier molecular flexibility index (Phi) is 34.2. The number of hydrogen-bond donors (Lipinski definition) is 19. The van der Waals surface area contributed by atoms with Crippen LogP contribution >= 0.6 is 0 Å². The molecular formula is C60H97N17O17. The molecule has 34 nitrogen and oxygen atoms in total. The van der Waals surface area contributed by atoms with Crippen LogP contribution in [0.5, 0.6) is 0 Å². The highest BCUT2D eigenvalue weighted by Crippen LogP contribution is 2.20. The van der Waals surface area contributed by atoms with E-state index in [0.717, 1.165) is 0 Å². The standard InChI is InChI=1S/C60H97N17O17/c1-28(2)20-39(54(88)70-38(17-18-44(62)79)53(87)75-43(59(93)94)22-30(5)6)71-55(89)41(23-34-25-66-36-15-12-11-14-35(34)36)72-52(86)37(16-13-19-65-60(63)64)69-45(80)26-68-51(85)42(24-47(82)83)74-57(91)48(31(7)8)77-56(90)40(21-29(3)4)73-58(92)49(33(10)78)76-46(81)27-67-50(84)32(9)61/h11-12,14-15,25,28-33,37-43,48-49,66,78H,13,16-24,26-27,61H2,1-10H3,(H2,62,79)(H,67,84)(H,68,85)(H,69,80)(H,70,88)(H,71,89)(H,72,86)(H,73,92)(H,74,91)(H,75,87)(H,76,81)(H,77,90)(H,82,83)(H,93,94)(H4,63,64,65)/t32-,33+,37-,38-,39-,40-,41-,42-,43-,48-,49-/m0/s1. The highest BCUT2D eigenvalue weighted by atomic mass is 16.4. The molecule has 0 saturated heterocycles. The van der Waals surface area contributed by atoms with E-state index < -0.39 is 181 Å². The number of carbonyl (C=O) groups is 14. The van der Waals surface area contributed by atoms with Gasteiger partial charge in [-0.3, -0.25) is 67.3 Å². The van der Waals surface area contributed by atoms with Crippen LogP contribution in [-0.4, -0.2) is 195 Å². The average molecular weight is 1330 g/mol. The Hall–Kier alpha value is -9.47. The number of primary amides is 1. The molecule has 11 atom stereocenters. The summed E-state index contributed by atoms with van der Waals surface area (Å²) in [5, 5.41) is 57.6. The largest absolute Gasteiger partial charge is 0.481 e. The number of aliphatic hydroxyl groups is 1. The van der Waals surface area contributed by atoms with Crippen LogP contribution in [0.4, 0.5) is 0 Å². The minimum absolute atomic E-state index is 0.0306. The number of aliphatic imine (C=N–C) groups is 1. The van der Waals surface area contributed by atoms with E-state index in [1.807, 2.05) is 0 Å². The van der Waals surface area contributed by atoms with Gasteiger partial charge in [-0.05, 0) is 87.7 Å². The lowest BCUT2D eigenvalue weighted by atomic mass is 9.99. The van der Waals surface area contributed by atoms with Crippen molar-refractivity contribution < 1.29 is 82.4 Å². The summed E-state index contributed by atoms with van der Waals surface area (Å²) in [6.07, 6.45) is -2.12. The fourth-order valence-electron chi connectivity index (χ4n) is 9.44. The van der Waals surface area contributed by atoms with Crippen molar-refractivity contribution in [3.63, 3.8) is 0 Å². The van der Waals surface area contributed by atoms with E-state index in [0.29, 0.717) is 16.5 Å². The van der Waals surface area contributed by atoms with Crippen molar-refractivity contribution in [3.8, 4) is 0 Å². The van der Waals surface area contributed by atoms with Gasteiger partial charge < -0.3 is 102 Å². The van der Waals surface area contributed by atoms with Gasteiger partial charge in [-0.25, -0.2) is 4.79 Å². The Bertz CT molecular complexity index is 3000. The number of aromatic nitrogens is 1. The van der Waals surface area contributed by atoms with E-state index >= 15 is 0 Å². The molecule has 0 saturated carbocycles. The molecule has 12 amide bonds. The lowest BCUT2D eigenvalue weighted by molar-refractivity contribution is -0.143. The number of guanidine groups is 1. The Labute approximate surface area is 544 Å². The number of aliphatic carboxylic acids is 2. The van der Waals surface area contributed by atoms with E-state index in [4.69, 9.17) is 22.9 Å². The van der Waals surface area contributed by atoms with Crippen molar-refractivity contribution in [2.75, 3.05) is 19.6 Å². The lowest BCUT2D eigenvalue weighted by Gasteiger charge is -2.29. The zero-order chi connectivity index (χ0) is 71.3. The number of benzene rings is 1. The number of fused-ring (bicyclic) bond motifs is 1. The van der Waals surface area contributed by atoms with Gasteiger partial charge in [0.05, 0.1) is 31.7 Å². The molecule has 524 valence electrons. The van der Waals surface area contributed by atoms with Gasteiger partial charge in [0.1, 0.15) is 54.4 Å². The zero-order valence-electron chi connectivity index (χ0n) is 54.8. The Morgan fingerprint density at radius 2 is 0.968 bits per heavy atom. The smallest absolute Gasteiger partial charge is 0.326 e. The lowest BCUT2D eigenvalue weighted by Crippen LogP contribution is -2.61. The van der Waals surface area contributed by atoms with Gasteiger partial charge in [-0.1, -0.05) is 73.6 Å². The van der Waals surface area contributed by atoms with Crippen LogP contribution in [0.15, 0.2) is 35.5 Å². The summed E-state index contributed by atoms with van der Waals surface area (Å²) in [6.45, 7) is 14.4. The fraction of sp³-hybridized carbons (Fsp3) is 0.617. The number of aromatic amines is 1. The third kappa shape index (κ3) is 29.4. The summed E-state index contributed by atoms with van der Waals surface area (Å²) < 4.78 is 0. The third-order valence-corrected chi connectivity index (χ3v) is 14.2. The highest BCUT2D eigenvalue weighted by molar-refractivity contribution is 6.00. The molecule has 23 N–H and O–H groups in total. The zero-order valence-corrected chi connectivity index (χ0v) is 54.8. The van der Waals surface area contributed by atoms with Crippen LogP contribution in [0.3, 0.4) is 0 Å². The van der Waals surface area contributed by atoms with Gasteiger partial charge >= 0.3 is 11.9 Å². The molecule has 0 aliphatic rings. The number of rotatable bonds is 42. The van der Waals surface area contributed by atoms with Crippen LogP contribution in [0.25, 0.3) is 10.9 Å². The van der Waals surface area contributed by atoms with E-state index in [9.17, 15) is 82.4 Å². The molecule has 0 aliphatic carbocycles. The molecule has 1 aromatic carbocycles. The Morgan fingerprint density at radius 3 is 1.49 bits per heavy atom. The van der Waals surface area contributed by atoms with Gasteiger partial charge in [0, 0.05) is 36.5 Å². The van der Waals surface area contributed by atoms with Crippen molar-refractivity contribution in [2.24, 2.45) is 51.6 Å². The number of amides is 12. The summed E-state index contributed by atoms with van der Waals surface area (Å²) in [4.78, 5) is 194. The summed E-state index contributed by atoms with van der Waals surface area (Å²) >= 11 is 0. The molecule has 2 rings (SSSR count). The second kappa shape index (κ2) is 39.8. The predicted molar refractivity (Wildman–Crippen MR) is 342 cm³/mol. The van der Waals surface area contributed by atoms with Crippen molar-refractivity contribution in [1.82, 2.24) is 63.5 Å². The molecule has 0 spiro atoms. The first-order chi connectivity index (χ1) is 43.9. The fourth-order valence-corrected chi connectivity index (χ4v) is 9.44. The molecule has 0 unspecified atom stereocenters. The predicted octanol–water partition coefficient (Wildman–Crippen LogP) is -4.29. The molecule has 94 heavy (non-hydrogen) atoms. The van der Waals surface area contributed by atoms with Gasteiger partial charge in [0.25, 0.3) is 0 Å². The number of nitrogens with zero attached hydrogens (tertiary/aromatic N) is 1. The molecule has 0 radical (unpaired) electrons. The maximum absolute atomic E-state index is 14.7. The number of nitrogens with one attached hydrogen (secondary N) is 12. The Balaban J connectivity index is 2.47. The van der Waals surface area contributed by atoms with E-state index in [2.05, 4.69) is 68.5 Å². The van der Waals surface area contributed by atoms with Crippen LogP contribution < -0.4 is 81.4 Å². The minimum atomic E-state index is -1.89. The maximum atomic E-state index is 14.7. The third-order valence-electron chi connectivity index (χ3n) is 14.2. The average Bonchev–Trinajstić information content (AvgIpc) is 1.64. The van der Waals surface area contributed by atoms with E-state index in [1.54, 1.807) is 72.0 Å². The molecule has 34 heteroatoms. The van der Waals surface area contributed by atoms with Crippen molar-refractivity contribution in [3.05, 3.63) is 36.0 Å². The van der Waals surface area contributed by atoms with Crippen LogP contribution in [0.2, 0.25) is 0 Å². The topological polar surface area (TPSA) is 564 Å². The monoisotopic (exact) mass is 1330 g/mol. The summed E-state index contributed by atoms with van der Waals surface area (Å²) in [5.74, 6) is -16.0. The number of carboxylic acids is 2. The number of hydrogen-bond acceptors (Lipinski definition) is 17. The molecule has 0 fully saturated rings. The van der Waals surface area contributed by atoms with Crippen molar-refractivity contribution >= 4 is 99.7 Å². The number of nitrogens with two attached hydrogens (primary N) is 4. The summed E-state index contributed by atoms with van der Waals surface area (Å²) in [6, 6.07) is -7.65. The van der Waals surface area contributed by atoms with Gasteiger partial charge in [0.2, 0.25) is 70.9 Å². The first-order valence-corrected chi connectivity index (χ1v) is 30.9. The second-order valence-corrected chi connectivity index (χ2v) is 24.6. The molecule has 2 aromatic rings. The van der Waals surface area contributed by atoms with Crippen LogP contribution in [-0.2, 0) is 73.5 Å². The number of H-pyrrole nitrogens is 1. The summed E-state index contributed by atoms with van der Waals surface area (Å²) in [5.41, 5.74) is 23.1. The molecule has 1 aromatic heterocycles. The molecule has 0 bridgehead atoms. The minimum Gasteiger partial charge on any atom is -0.481 e. The van der Waals surface area contributed by atoms with Crippen LogP contribution in [0, 0.1) is 23.7 Å². The second-order valence-electron chi connectivity index (χ2n) is 24.6. The Morgan fingerprint density at radius 1 is 0.511 bits per heavy atom. The maximum Gasteiger partial charge on any atom is 0.326 e. The number of carbonyl (C=O) groups excluding carboxylic acids is 12. The van der Waals surface area contributed by atoms with E-state index in [1.165, 1.54) is 27.7 Å². The first-order valence-electron chi connectivity index (χ1n) is 30.9. The van der Waals surface area contributed by atoms with Crippen molar-refractivity contribution in [2.45, 2.75) is 194 Å². The van der Waals surface area contributed by atoms with Gasteiger partial charge in [-0.15, -0.1) is 0 Å². The van der Waals surface area contributed by atoms with Gasteiger partial charge in [0.15, 0.2) is 5.96 Å². The van der Waals surface area contributed by atoms with Crippen molar-refractivity contribution in [1.29, 1.82) is 0 Å². The summed E-state index contributed by atoms with van der Waals surface area (Å²) in [7, 11) is 0. The van der Waals surface area contributed by atoms with Crippen LogP contribution in [0.1, 0.15) is 126 Å². The van der Waals surface area contributed by atoms with E-state index in [-0.39, 0.29) is 75.2 Å². The highest BCUT2D eigenvalue weighted by Gasteiger charge is 2.37.